The van der Waals surface area contributed by atoms with Gasteiger partial charge in [-0.2, -0.15) is 0 Å². The maximum atomic E-state index is 11.7. The highest BCUT2D eigenvalue weighted by Gasteiger charge is 2.17. The van der Waals surface area contributed by atoms with Crippen molar-refractivity contribution in [2.75, 3.05) is 13.1 Å². The number of carbonyl (C=O) groups excluding carboxylic acids is 1. The van der Waals surface area contributed by atoms with Crippen molar-refractivity contribution in [1.29, 1.82) is 0 Å². The number of allylic oxidation sites excluding steroid dienone is 3. The second-order valence-electron chi connectivity index (χ2n) is 4.46. The molecule has 0 radical (unpaired) electrons. The lowest BCUT2D eigenvalue weighted by atomic mass is 10.0. The van der Waals surface area contributed by atoms with Gasteiger partial charge in [-0.3, -0.25) is 4.79 Å². The summed E-state index contributed by atoms with van der Waals surface area (Å²) in [5.74, 6) is 0.550. The van der Waals surface area contributed by atoms with Crippen LogP contribution in [0.4, 0.5) is 0 Å². The first-order chi connectivity index (χ1) is 7.69. The van der Waals surface area contributed by atoms with Crippen molar-refractivity contribution in [2.45, 2.75) is 40.0 Å². The minimum absolute atomic E-state index is 0.154. The molecule has 90 valence electrons. The molecule has 0 saturated heterocycles. The van der Waals surface area contributed by atoms with Crippen LogP contribution in [-0.4, -0.2) is 23.8 Å². The number of nitrogens with zero attached hydrogens (tertiary/aromatic N) is 1. The smallest absolute Gasteiger partial charge is 0.137 e. The summed E-state index contributed by atoms with van der Waals surface area (Å²) in [6.45, 7) is 8.08. The molecule has 2 nitrogen and oxygen atoms in total. The Morgan fingerprint density at radius 2 is 2.25 bits per heavy atom. The van der Waals surface area contributed by atoms with Crippen LogP contribution in [0.1, 0.15) is 40.0 Å². The van der Waals surface area contributed by atoms with E-state index >= 15 is 0 Å². The maximum absolute atomic E-state index is 11.7. The highest BCUT2D eigenvalue weighted by molar-refractivity contribution is 5.80. The van der Waals surface area contributed by atoms with E-state index in [0.29, 0.717) is 5.78 Å². The van der Waals surface area contributed by atoms with E-state index in [2.05, 4.69) is 37.0 Å². The van der Waals surface area contributed by atoms with E-state index in [4.69, 9.17) is 0 Å². The lowest BCUT2D eigenvalue weighted by molar-refractivity contribution is -0.122. The molecular weight excluding hydrogens is 198 g/mol. The minimum atomic E-state index is 0.154. The third kappa shape index (κ3) is 3.51. The van der Waals surface area contributed by atoms with E-state index < -0.39 is 0 Å². The molecule has 0 spiro atoms. The number of hydrogen-bond donors (Lipinski definition) is 0. The molecule has 2 heteroatoms. The summed E-state index contributed by atoms with van der Waals surface area (Å²) in [6, 6.07) is 0. The van der Waals surface area contributed by atoms with E-state index in [1.54, 1.807) is 0 Å². The van der Waals surface area contributed by atoms with Crippen molar-refractivity contribution in [3.63, 3.8) is 0 Å². The number of Topliss-reactive ketones (excluding diaryl/α,β-unsaturated/α-hetero) is 1. The molecule has 1 aliphatic rings. The van der Waals surface area contributed by atoms with Gasteiger partial charge in [0.15, 0.2) is 0 Å². The normalized spacial score (nSPS) is 17.2. The van der Waals surface area contributed by atoms with Gasteiger partial charge in [0, 0.05) is 31.1 Å². The van der Waals surface area contributed by atoms with Crippen LogP contribution in [0.25, 0.3) is 0 Å². The van der Waals surface area contributed by atoms with Crippen LogP contribution in [0, 0.1) is 5.92 Å². The van der Waals surface area contributed by atoms with Crippen molar-refractivity contribution in [3.8, 4) is 0 Å². The fourth-order valence-corrected chi connectivity index (χ4v) is 2.05. The predicted molar refractivity (Wildman–Crippen MR) is 68.2 cm³/mol. The van der Waals surface area contributed by atoms with Gasteiger partial charge in [0.2, 0.25) is 0 Å². The molecule has 0 aliphatic carbocycles. The van der Waals surface area contributed by atoms with Crippen LogP contribution < -0.4 is 0 Å². The first-order valence-corrected chi connectivity index (χ1v) is 6.32. The van der Waals surface area contributed by atoms with Gasteiger partial charge in [0.25, 0.3) is 0 Å². The van der Waals surface area contributed by atoms with Crippen LogP contribution in [-0.2, 0) is 4.79 Å². The van der Waals surface area contributed by atoms with Gasteiger partial charge in [0.1, 0.15) is 5.78 Å². The SMILES string of the molecule is CCCC(=O)C(C)CN1CC=CC=C1CC. The predicted octanol–water partition coefficient (Wildman–Crippen LogP) is 3.16. The van der Waals surface area contributed by atoms with Crippen molar-refractivity contribution in [1.82, 2.24) is 4.90 Å². The van der Waals surface area contributed by atoms with E-state index in [0.717, 1.165) is 32.4 Å². The van der Waals surface area contributed by atoms with Crippen molar-refractivity contribution in [3.05, 3.63) is 23.9 Å². The van der Waals surface area contributed by atoms with Crippen LogP contribution in [0.5, 0.6) is 0 Å². The Balaban J connectivity index is 2.50. The lowest BCUT2D eigenvalue weighted by Gasteiger charge is -2.30. The molecule has 0 bridgehead atoms. The summed E-state index contributed by atoms with van der Waals surface area (Å²) in [6.07, 6.45) is 9.12. The fourth-order valence-electron chi connectivity index (χ4n) is 2.05. The highest BCUT2D eigenvalue weighted by Crippen LogP contribution is 2.16. The maximum Gasteiger partial charge on any atom is 0.137 e. The van der Waals surface area contributed by atoms with Crippen molar-refractivity contribution >= 4 is 5.78 Å². The quantitative estimate of drug-likeness (QED) is 0.686. The van der Waals surface area contributed by atoms with Gasteiger partial charge in [-0.15, -0.1) is 0 Å². The Hall–Kier alpha value is -1.05. The highest BCUT2D eigenvalue weighted by atomic mass is 16.1. The van der Waals surface area contributed by atoms with E-state index in [1.165, 1.54) is 5.70 Å². The second-order valence-corrected chi connectivity index (χ2v) is 4.46. The molecule has 0 amide bonds. The third-order valence-electron chi connectivity index (χ3n) is 3.06. The number of hydrogen-bond acceptors (Lipinski definition) is 2. The van der Waals surface area contributed by atoms with Crippen LogP contribution in [0.15, 0.2) is 23.9 Å². The summed E-state index contributed by atoms with van der Waals surface area (Å²) in [5.41, 5.74) is 1.35. The summed E-state index contributed by atoms with van der Waals surface area (Å²) in [5, 5.41) is 0. The van der Waals surface area contributed by atoms with E-state index in [-0.39, 0.29) is 5.92 Å². The summed E-state index contributed by atoms with van der Waals surface area (Å²) in [7, 11) is 0. The minimum Gasteiger partial charge on any atom is -0.370 e. The van der Waals surface area contributed by atoms with Crippen molar-refractivity contribution < 1.29 is 4.79 Å². The average Bonchev–Trinajstić information content (AvgIpc) is 2.30. The Labute approximate surface area is 99.0 Å². The number of ketones is 1. The fraction of sp³-hybridized carbons (Fsp3) is 0.643. The monoisotopic (exact) mass is 221 g/mol. The van der Waals surface area contributed by atoms with Gasteiger partial charge in [-0.05, 0) is 18.9 Å². The molecule has 0 saturated carbocycles. The molecule has 0 aromatic heterocycles. The van der Waals surface area contributed by atoms with Crippen molar-refractivity contribution in [2.24, 2.45) is 5.92 Å². The summed E-state index contributed by atoms with van der Waals surface area (Å²) in [4.78, 5) is 14.1. The Morgan fingerprint density at radius 3 is 2.88 bits per heavy atom. The van der Waals surface area contributed by atoms with E-state index in [1.807, 2.05) is 6.92 Å². The third-order valence-corrected chi connectivity index (χ3v) is 3.06. The molecule has 1 rings (SSSR count). The van der Waals surface area contributed by atoms with Gasteiger partial charge in [-0.1, -0.05) is 32.9 Å². The standard InChI is InChI=1S/C14H23NO/c1-4-8-14(16)12(3)11-15-10-7-6-9-13(15)5-2/h6-7,9,12H,4-5,8,10-11H2,1-3H3. The Bertz CT molecular complexity index is 291. The van der Waals surface area contributed by atoms with Gasteiger partial charge >= 0.3 is 0 Å². The first kappa shape index (κ1) is 13.0. The van der Waals surface area contributed by atoms with Gasteiger partial charge < -0.3 is 4.90 Å². The van der Waals surface area contributed by atoms with Crippen LogP contribution >= 0.6 is 0 Å². The van der Waals surface area contributed by atoms with Gasteiger partial charge in [0.05, 0.1) is 0 Å². The Kier molecular flexibility index (Phi) is 5.30. The molecule has 0 aromatic rings. The van der Waals surface area contributed by atoms with Crippen LogP contribution in [0.3, 0.4) is 0 Å². The molecule has 1 heterocycles. The number of carbonyl (C=O) groups is 1. The zero-order valence-electron chi connectivity index (χ0n) is 10.7. The van der Waals surface area contributed by atoms with Crippen LogP contribution in [0.2, 0.25) is 0 Å². The molecular formula is C14H23NO. The molecule has 0 aromatic carbocycles. The topological polar surface area (TPSA) is 20.3 Å². The number of rotatable bonds is 6. The summed E-state index contributed by atoms with van der Waals surface area (Å²) >= 11 is 0. The molecule has 1 unspecified atom stereocenters. The summed E-state index contributed by atoms with van der Waals surface area (Å²) < 4.78 is 0. The zero-order valence-corrected chi connectivity index (χ0v) is 10.7. The molecule has 1 atom stereocenters. The molecule has 16 heavy (non-hydrogen) atoms. The molecule has 0 N–H and O–H groups in total. The van der Waals surface area contributed by atoms with Gasteiger partial charge in [-0.25, -0.2) is 0 Å². The second kappa shape index (κ2) is 6.51. The van der Waals surface area contributed by atoms with E-state index in [9.17, 15) is 4.79 Å². The molecule has 0 fully saturated rings. The zero-order chi connectivity index (χ0) is 12.0. The Morgan fingerprint density at radius 1 is 1.50 bits per heavy atom. The first-order valence-electron chi connectivity index (χ1n) is 6.32. The largest absolute Gasteiger partial charge is 0.370 e. The average molecular weight is 221 g/mol. The molecule has 1 aliphatic heterocycles. The lowest BCUT2D eigenvalue weighted by Crippen LogP contribution is -2.32.